The van der Waals surface area contributed by atoms with Crippen molar-refractivity contribution in [1.29, 1.82) is 0 Å². The molecule has 2 N–H and O–H groups in total. The van der Waals surface area contributed by atoms with Crippen molar-refractivity contribution in [2.24, 2.45) is 0 Å². The van der Waals surface area contributed by atoms with Crippen LogP contribution in [0.1, 0.15) is 20.8 Å². The van der Waals surface area contributed by atoms with Crippen molar-refractivity contribution in [2.75, 3.05) is 31.3 Å². The topological polar surface area (TPSA) is 49.6 Å². The van der Waals surface area contributed by atoms with Crippen LogP contribution in [0.25, 0.3) is 0 Å². The quantitative estimate of drug-likeness (QED) is 0.927. The number of benzene rings is 1. The van der Waals surface area contributed by atoms with Gasteiger partial charge in [-0.2, -0.15) is 0 Å². The van der Waals surface area contributed by atoms with Gasteiger partial charge in [-0.1, -0.05) is 18.2 Å². The Morgan fingerprint density at radius 2 is 2.00 bits per heavy atom. The summed E-state index contributed by atoms with van der Waals surface area (Å²) in [7, 11) is 3.54. The molecule has 1 aromatic heterocycles. The van der Waals surface area contributed by atoms with Crippen LogP contribution in [0.5, 0.6) is 0 Å². The fraction of sp³-hybridized carbons (Fsp3) is 0.312. The first-order chi connectivity index (χ1) is 10.1. The number of rotatable bonds is 2. The third kappa shape index (κ3) is 2.49. The van der Waals surface area contributed by atoms with Crippen molar-refractivity contribution in [3.63, 3.8) is 0 Å². The molecule has 0 saturated carbocycles. The van der Waals surface area contributed by atoms with Crippen molar-refractivity contribution in [2.45, 2.75) is 13.0 Å². The molecule has 4 nitrogen and oxygen atoms in total. The summed E-state index contributed by atoms with van der Waals surface area (Å²) in [4.78, 5) is 17.4. The lowest BCUT2D eigenvalue weighted by Gasteiger charge is -2.29. The average molecular weight is 301 g/mol. The van der Waals surface area contributed by atoms with Gasteiger partial charge in [0.25, 0.3) is 5.91 Å². The van der Waals surface area contributed by atoms with Crippen LogP contribution in [0, 0.1) is 0 Å². The molecule has 0 saturated heterocycles. The second-order valence-electron chi connectivity index (χ2n) is 5.45. The molecule has 0 bridgehead atoms. The maximum Gasteiger partial charge on any atom is 0.256 e. The minimum absolute atomic E-state index is 0.0122. The highest BCUT2D eigenvalue weighted by atomic mass is 32.1. The molecule has 21 heavy (non-hydrogen) atoms. The molecule has 1 aliphatic rings. The summed E-state index contributed by atoms with van der Waals surface area (Å²) in [6.45, 7) is 1.75. The van der Waals surface area contributed by atoms with Crippen molar-refractivity contribution in [3.05, 3.63) is 46.3 Å². The molecule has 0 radical (unpaired) electrons. The van der Waals surface area contributed by atoms with Gasteiger partial charge >= 0.3 is 0 Å². The summed E-state index contributed by atoms with van der Waals surface area (Å²) in [5.41, 5.74) is 9.17. The van der Waals surface area contributed by atoms with Gasteiger partial charge in [0, 0.05) is 31.2 Å². The second kappa shape index (κ2) is 5.41. The zero-order valence-electron chi connectivity index (χ0n) is 12.3. The Hall–Kier alpha value is -2.01. The molecule has 0 spiro atoms. The molecule has 1 amide bonds. The molecule has 2 aromatic rings. The van der Waals surface area contributed by atoms with Gasteiger partial charge in [-0.3, -0.25) is 4.79 Å². The number of para-hydroxylation sites is 1. The zero-order valence-corrected chi connectivity index (χ0v) is 13.1. The van der Waals surface area contributed by atoms with Gasteiger partial charge in [0.2, 0.25) is 0 Å². The number of nitrogens with zero attached hydrogens (tertiary/aromatic N) is 2. The van der Waals surface area contributed by atoms with Gasteiger partial charge in [-0.15, -0.1) is 11.3 Å². The highest BCUT2D eigenvalue weighted by Gasteiger charge is 2.27. The molecule has 0 unspecified atom stereocenters. The van der Waals surface area contributed by atoms with Crippen molar-refractivity contribution < 1.29 is 4.79 Å². The van der Waals surface area contributed by atoms with Crippen LogP contribution in [0.4, 0.5) is 10.7 Å². The van der Waals surface area contributed by atoms with Gasteiger partial charge < -0.3 is 15.5 Å². The minimum Gasteiger partial charge on any atom is -0.390 e. The summed E-state index contributed by atoms with van der Waals surface area (Å²) in [5.74, 6) is 0.0122. The van der Waals surface area contributed by atoms with Crippen LogP contribution in [0.15, 0.2) is 30.3 Å². The van der Waals surface area contributed by atoms with Crippen LogP contribution >= 0.6 is 11.3 Å². The van der Waals surface area contributed by atoms with Crippen LogP contribution in [0.2, 0.25) is 0 Å². The highest BCUT2D eigenvalue weighted by molar-refractivity contribution is 7.16. The van der Waals surface area contributed by atoms with Crippen molar-refractivity contribution in [3.8, 4) is 0 Å². The standard InChI is InChI=1S/C16H19N3OS/c1-18(2)16(20)14-12-8-9-19(10-13(12)21-15(14)17)11-6-4-3-5-7-11/h3-7H,8-10,17H2,1-2H3. The van der Waals surface area contributed by atoms with E-state index < -0.39 is 0 Å². The first kappa shape index (κ1) is 13.9. The van der Waals surface area contributed by atoms with E-state index in [4.69, 9.17) is 5.73 Å². The zero-order chi connectivity index (χ0) is 15.0. The number of carbonyl (C=O) groups is 1. The Bertz CT molecular complexity index is 664. The molecule has 1 aromatic carbocycles. The fourth-order valence-corrected chi connectivity index (χ4v) is 3.87. The van der Waals surface area contributed by atoms with E-state index in [0.29, 0.717) is 10.6 Å². The minimum atomic E-state index is 0.0122. The molecule has 110 valence electrons. The molecule has 5 heteroatoms. The van der Waals surface area contributed by atoms with Gasteiger partial charge in [0.05, 0.1) is 17.1 Å². The predicted molar refractivity (Wildman–Crippen MR) is 87.9 cm³/mol. The van der Waals surface area contributed by atoms with Gasteiger partial charge in [0.15, 0.2) is 0 Å². The normalized spacial score (nSPS) is 13.9. The van der Waals surface area contributed by atoms with Crippen molar-refractivity contribution >= 4 is 27.9 Å². The lowest BCUT2D eigenvalue weighted by atomic mass is 10.0. The lowest BCUT2D eigenvalue weighted by molar-refractivity contribution is 0.0828. The fourth-order valence-electron chi connectivity index (χ4n) is 2.74. The number of nitrogen functional groups attached to an aromatic ring is 1. The van der Waals surface area contributed by atoms with Crippen LogP contribution in [-0.2, 0) is 13.0 Å². The lowest BCUT2D eigenvalue weighted by Crippen LogP contribution is -2.31. The number of hydrogen-bond acceptors (Lipinski definition) is 4. The van der Waals surface area contributed by atoms with E-state index in [-0.39, 0.29) is 5.91 Å². The first-order valence-electron chi connectivity index (χ1n) is 6.99. The molecular formula is C16H19N3OS. The Morgan fingerprint density at radius 1 is 1.29 bits per heavy atom. The molecule has 2 heterocycles. The summed E-state index contributed by atoms with van der Waals surface area (Å²) < 4.78 is 0. The summed E-state index contributed by atoms with van der Waals surface area (Å²) in [5, 5.41) is 0.647. The van der Waals surface area contributed by atoms with Crippen LogP contribution < -0.4 is 10.6 Å². The maximum atomic E-state index is 12.3. The third-order valence-electron chi connectivity index (χ3n) is 3.83. The van der Waals surface area contributed by atoms with Crippen LogP contribution in [0.3, 0.4) is 0 Å². The number of fused-ring (bicyclic) bond motifs is 1. The number of nitrogens with two attached hydrogens (primary N) is 1. The maximum absolute atomic E-state index is 12.3. The van der Waals surface area contributed by atoms with Crippen molar-refractivity contribution in [1.82, 2.24) is 4.90 Å². The van der Waals surface area contributed by atoms with Crippen LogP contribution in [-0.4, -0.2) is 31.4 Å². The van der Waals surface area contributed by atoms with E-state index in [1.807, 2.05) is 6.07 Å². The average Bonchev–Trinajstić information content (AvgIpc) is 2.82. The van der Waals surface area contributed by atoms with E-state index >= 15 is 0 Å². The second-order valence-corrected chi connectivity index (χ2v) is 6.59. The van der Waals surface area contributed by atoms with E-state index in [2.05, 4.69) is 29.2 Å². The first-order valence-corrected chi connectivity index (χ1v) is 7.81. The smallest absolute Gasteiger partial charge is 0.256 e. The van der Waals surface area contributed by atoms with Gasteiger partial charge in [-0.05, 0) is 24.1 Å². The molecule has 0 atom stereocenters. The highest BCUT2D eigenvalue weighted by Crippen LogP contribution is 2.36. The number of carbonyl (C=O) groups excluding carboxylic acids is 1. The number of thiophene rings is 1. The Balaban J connectivity index is 1.92. The summed E-state index contributed by atoms with van der Waals surface area (Å²) >= 11 is 1.55. The largest absolute Gasteiger partial charge is 0.390 e. The molecule has 1 aliphatic heterocycles. The summed E-state index contributed by atoms with van der Waals surface area (Å²) in [6, 6.07) is 10.4. The molecule has 3 rings (SSSR count). The monoisotopic (exact) mass is 301 g/mol. The van der Waals surface area contributed by atoms with E-state index in [1.165, 1.54) is 10.6 Å². The van der Waals surface area contributed by atoms with Gasteiger partial charge in [-0.25, -0.2) is 0 Å². The van der Waals surface area contributed by atoms with Gasteiger partial charge in [0.1, 0.15) is 0 Å². The number of amides is 1. The molecule has 0 aliphatic carbocycles. The van der Waals surface area contributed by atoms with E-state index in [9.17, 15) is 4.79 Å². The van der Waals surface area contributed by atoms with E-state index in [0.717, 1.165) is 25.1 Å². The molecule has 0 fully saturated rings. The Morgan fingerprint density at radius 3 is 2.67 bits per heavy atom. The predicted octanol–water partition coefficient (Wildman–Crippen LogP) is 2.59. The van der Waals surface area contributed by atoms with E-state index in [1.54, 1.807) is 30.3 Å². The summed E-state index contributed by atoms with van der Waals surface area (Å²) in [6.07, 6.45) is 0.868. The Labute approximate surface area is 128 Å². The number of hydrogen-bond donors (Lipinski definition) is 1. The Kier molecular flexibility index (Phi) is 3.59. The third-order valence-corrected chi connectivity index (χ3v) is 4.87. The SMILES string of the molecule is CN(C)C(=O)c1c(N)sc2c1CCN(c1ccccc1)C2. The number of anilines is 2. The molecular weight excluding hydrogens is 282 g/mol.